The molecule has 13 heteroatoms. The number of alkyl halides is 3. The van der Waals surface area contributed by atoms with Gasteiger partial charge in [-0.1, -0.05) is 0 Å². The number of nitrogens with zero attached hydrogens (tertiary/aromatic N) is 3. The SMILES string of the molecule is CCS(=O)(=O)NCCC1CCOC12CN(c1ccc(C)nn1)C2.O=C(O)C(F)(F)F. The predicted octanol–water partition coefficient (Wildman–Crippen LogP) is 1.34. The van der Waals surface area contributed by atoms with Crippen molar-refractivity contribution in [1.29, 1.82) is 0 Å². The van der Waals surface area contributed by atoms with E-state index in [0.29, 0.717) is 12.5 Å². The molecular weight excluding hydrogens is 429 g/mol. The van der Waals surface area contributed by atoms with Gasteiger partial charge in [0.1, 0.15) is 5.60 Å². The number of anilines is 1. The molecule has 0 saturated carbocycles. The molecular formula is C17H25F3N4O5S. The second kappa shape index (κ2) is 9.43. The molecule has 1 spiro atoms. The van der Waals surface area contributed by atoms with E-state index >= 15 is 0 Å². The van der Waals surface area contributed by atoms with Gasteiger partial charge in [-0.05, 0) is 44.7 Å². The Labute approximate surface area is 172 Å². The van der Waals surface area contributed by atoms with Crippen LogP contribution < -0.4 is 9.62 Å². The largest absolute Gasteiger partial charge is 0.490 e. The van der Waals surface area contributed by atoms with Crippen molar-refractivity contribution in [2.45, 2.75) is 38.5 Å². The van der Waals surface area contributed by atoms with E-state index in [1.54, 1.807) is 6.92 Å². The number of halogens is 3. The van der Waals surface area contributed by atoms with Crippen LogP contribution in [0.2, 0.25) is 0 Å². The number of sulfonamides is 1. The van der Waals surface area contributed by atoms with Crippen molar-refractivity contribution in [3.05, 3.63) is 17.8 Å². The van der Waals surface area contributed by atoms with Crippen molar-refractivity contribution in [2.75, 3.05) is 36.9 Å². The number of nitrogens with one attached hydrogen (secondary N) is 1. The number of carboxylic acids is 1. The topological polar surface area (TPSA) is 122 Å². The van der Waals surface area contributed by atoms with Crippen LogP contribution in [0.5, 0.6) is 0 Å². The maximum Gasteiger partial charge on any atom is 0.490 e. The van der Waals surface area contributed by atoms with Crippen molar-refractivity contribution in [2.24, 2.45) is 5.92 Å². The third-order valence-corrected chi connectivity index (χ3v) is 6.47. The van der Waals surface area contributed by atoms with Gasteiger partial charge in [0.25, 0.3) is 0 Å². The number of ether oxygens (including phenoxy) is 1. The van der Waals surface area contributed by atoms with E-state index in [2.05, 4.69) is 19.8 Å². The van der Waals surface area contributed by atoms with E-state index in [9.17, 15) is 21.6 Å². The lowest BCUT2D eigenvalue weighted by molar-refractivity contribution is -0.192. The summed E-state index contributed by atoms with van der Waals surface area (Å²) in [5.74, 6) is -1.37. The molecule has 3 heterocycles. The molecule has 2 fully saturated rings. The summed E-state index contributed by atoms with van der Waals surface area (Å²) in [5.41, 5.74) is 0.756. The van der Waals surface area contributed by atoms with E-state index in [-0.39, 0.29) is 11.4 Å². The fourth-order valence-electron chi connectivity index (χ4n) is 3.36. The molecule has 30 heavy (non-hydrogen) atoms. The Morgan fingerprint density at radius 2 is 2.00 bits per heavy atom. The van der Waals surface area contributed by atoms with Crippen LogP contribution in [0.4, 0.5) is 19.0 Å². The lowest BCUT2D eigenvalue weighted by atomic mass is 9.79. The van der Waals surface area contributed by atoms with Crippen molar-refractivity contribution in [3.8, 4) is 0 Å². The van der Waals surface area contributed by atoms with Crippen LogP contribution in [-0.2, 0) is 19.6 Å². The minimum atomic E-state index is -5.08. The zero-order valence-corrected chi connectivity index (χ0v) is 17.5. The summed E-state index contributed by atoms with van der Waals surface area (Å²) in [6, 6.07) is 3.94. The van der Waals surface area contributed by atoms with Gasteiger partial charge >= 0.3 is 12.1 Å². The Bertz CT molecular complexity index is 827. The lowest BCUT2D eigenvalue weighted by Gasteiger charge is -2.50. The van der Waals surface area contributed by atoms with Gasteiger partial charge in [-0.3, -0.25) is 0 Å². The molecule has 3 rings (SSSR count). The summed E-state index contributed by atoms with van der Waals surface area (Å²) in [7, 11) is -3.11. The van der Waals surface area contributed by atoms with Crippen LogP contribution in [0, 0.1) is 12.8 Å². The van der Waals surface area contributed by atoms with Gasteiger partial charge in [0.05, 0.1) is 24.5 Å². The highest BCUT2D eigenvalue weighted by atomic mass is 32.2. The zero-order chi connectivity index (χ0) is 22.6. The predicted molar refractivity (Wildman–Crippen MR) is 102 cm³/mol. The molecule has 1 atom stereocenters. The molecule has 2 aliphatic rings. The van der Waals surface area contributed by atoms with Gasteiger partial charge in [0, 0.05) is 13.2 Å². The number of hydrogen-bond acceptors (Lipinski definition) is 7. The summed E-state index contributed by atoms with van der Waals surface area (Å²) in [6.07, 6.45) is -3.28. The second-order valence-electron chi connectivity index (χ2n) is 7.18. The summed E-state index contributed by atoms with van der Waals surface area (Å²) in [4.78, 5) is 11.1. The molecule has 170 valence electrons. The number of aryl methyl sites for hydroxylation is 1. The average molecular weight is 454 g/mol. The smallest absolute Gasteiger partial charge is 0.475 e. The summed E-state index contributed by atoms with van der Waals surface area (Å²) < 4.78 is 63.4. The molecule has 2 saturated heterocycles. The van der Waals surface area contributed by atoms with Gasteiger partial charge in [-0.2, -0.15) is 18.3 Å². The van der Waals surface area contributed by atoms with Crippen LogP contribution in [0.3, 0.4) is 0 Å². The third-order valence-electron chi connectivity index (χ3n) is 5.06. The first kappa shape index (κ1) is 24.3. The van der Waals surface area contributed by atoms with Gasteiger partial charge in [0.2, 0.25) is 10.0 Å². The zero-order valence-electron chi connectivity index (χ0n) is 16.6. The molecule has 0 aromatic carbocycles. The minimum Gasteiger partial charge on any atom is -0.475 e. The van der Waals surface area contributed by atoms with E-state index in [1.807, 2.05) is 19.1 Å². The van der Waals surface area contributed by atoms with E-state index < -0.39 is 22.2 Å². The molecule has 1 aromatic heterocycles. The first-order valence-corrected chi connectivity index (χ1v) is 11.0. The Morgan fingerprint density at radius 3 is 2.50 bits per heavy atom. The normalized spacial score (nSPS) is 20.4. The highest BCUT2D eigenvalue weighted by Crippen LogP contribution is 2.42. The average Bonchev–Trinajstić information content (AvgIpc) is 3.05. The van der Waals surface area contributed by atoms with Crippen molar-refractivity contribution >= 4 is 21.8 Å². The Kier molecular flexibility index (Phi) is 7.64. The van der Waals surface area contributed by atoms with Gasteiger partial charge in [-0.15, -0.1) is 5.10 Å². The monoisotopic (exact) mass is 454 g/mol. The van der Waals surface area contributed by atoms with Gasteiger partial charge in [-0.25, -0.2) is 17.9 Å². The molecule has 1 unspecified atom stereocenters. The van der Waals surface area contributed by atoms with E-state index in [1.165, 1.54) is 0 Å². The van der Waals surface area contributed by atoms with Crippen LogP contribution in [0.1, 0.15) is 25.5 Å². The lowest BCUT2D eigenvalue weighted by Crippen LogP contribution is -2.65. The van der Waals surface area contributed by atoms with Gasteiger partial charge in [0.15, 0.2) is 5.82 Å². The molecule has 2 N–H and O–H groups in total. The second-order valence-corrected chi connectivity index (χ2v) is 9.27. The number of aromatic nitrogens is 2. The molecule has 2 aliphatic heterocycles. The third kappa shape index (κ3) is 6.25. The fraction of sp³-hybridized carbons (Fsp3) is 0.706. The van der Waals surface area contributed by atoms with Crippen molar-refractivity contribution in [1.82, 2.24) is 14.9 Å². The van der Waals surface area contributed by atoms with Crippen LogP contribution in [-0.4, -0.2) is 73.5 Å². The first-order valence-electron chi connectivity index (χ1n) is 9.35. The molecule has 0 amide bonds. The standard InChI is InChI=1S/C15H24N4O3S.C2HF3O2/c1-3-23(20,21)16-8-6-13-7-9-22-15(13)10-19(11-15)14-5-4-12(2)17-18-14;3-2(4,5)1(6)7/h4-5,13,16H,3,6-11H2,1-2H3;(H,6,7). The van der Waals surface area contributed by atoms with Crippen molar-refractivity contribution in [3.63, 3.8) is 0 Å². The molecule has 0 aliphatic carbocycles. The quantitative estimate of drug-likeness (QED) is 0.661. The number of carbonyl (C=O) groups is 1. The van der Waals surface area contributed by atoms with Crippen LogP contribution in [0.15, 0.2) is 12.1 Å². The van der Waals surface area contributed by atoms with E-state index in [4.69, 9.17) is 14.6 Å². The Balaban J connectivity index is 0.000000396. The molecule has 9 nitrogen and oxygen atoms in total. The highest BCUT2D eigenvalue weighted by Gasteiger charge is 2.53. The molecule has 0 bridgehead atoms. The molecule has 1 aromatic rings. The van der Waals surface area contributed by atoms with Gasteiger partial charge < -0.3 is 14.7 Å². The first-order chi connectivity index (χ1) is 13.9. The Hall–Kier alpha value is -1.99. The highest BCUT2D eigenvalue weighted by molar-refractivity contribution is 7.89. The van der Waals surface area contributed by atoms with Crippen LogP contribution in [0.25, 0.3) is 0 Å². The fourth-order valence-corrected chi connectivity index (χ4v) is 3.99. The minimum absolute atomic E-state index is 0.124. The Morgan fingerprint density at radius 1 is 1.37 bits per heavy atom. The molecule has 0 radical (unpaired) electrons. The number of rotatable bonds is 6. The summed E-state index contributed by atoms with van der Waals surface area (Å²) in [6.45, 7) is 6.40. The maximum absolute atomic E-state index is 11.5. The summed E-state index contributed by atoms with van der Waals surface area (Å²) in [5, 5.41) is 15.4. The maximum atomic E-state index is 11.5. The number of carboxylic acid groups (broad SMARTS) is 1. The van der Waals surface area contributed by atoms with Crippen molar-refractivity contribution < 1.29 is 36.2 Å². The summed E-state index contributed by atoms with van der Waals surface area (Å²) >= 11 is 0. The van der Waals surface area contributed by atoms with E-state index in [0.717, 1.165) is 44.0 Å². The number of aliphatic carboxylic acids is 1. The number of hydrogen-bond donors (Lipinski definition) is 2. The van der Waals surface area contributed by atoms with Crippen LogP contribution >= 0.6 is 0 Å².